The van der Waals surface area contributed by atoms with Gasteiger partial charge in [-0.2, -0.15) is 0 Å². The first-order valence-corrected chi connectivity index (χ1v) is 5.32. The van der Waals surface area contributed by atoms with Crippen LogP contribution in [0, 0.1) is 23.2 Å². The molecule has 0 N–H and O–H groups in total. The average molecular weight is 168 g/mol. The number of hydrogen-bond acceptors (Lipinski definition) is 0. The molecule has 2 aliphatic rings. The minimum absolute atomic E-state index is 0.206. The van der Waals surface area contributed by atoms with E-state index in [4.69, 9.17) is 2.74 Å². The van der Waals surface area contributed by atoms with Crippen molar-refractivity contribution in [3.05, 3.63) is 0 Å². The van der Waals surface area contributed by atoms with Gasteiger partial charge in [-0.15, -0.1) is 0 Å². The zero-order valence-corrected chi connectivity index (χ0v) is 8.56. The van der Waals surface area contributed by atoms with Crippen LogP contribution in [0.3, 0.4) is 0 Å². The molecule has 0 aliphatic heterocycles. The Morgan fingerprint density at radius 3 is 2.42 bits per heavy atom. The molecule has 0 aromatic rings. The minimum Gasteiger partial charge on any atom is -0.0602 e. The molecule has 0 nitrogen and oxygen atoms in total. The lowest BCUT2D eigenvalue weighted by atomic mass is 9.77. The third-order valence-corrected chi connectivity index (χ3v) is 3.36. The summed E-state index contributed by atoms with van der Waals surface area (Å²) in [5.74, 6) is 1.87. The molecule has 0 heterocycles. The van der Waals surface area contributed by atoms with Gasteiger partial charge in [0.05, 0.1) is 0 Å². The molecule has 0 heteroatoms. The van der Waals surface area contributed by atoms with Crippen LogP contribution in [-0.2, 0) is 0 Å². The Balaban J connectivity index is 2.16. The lowest BCUT2D eigenvalue weighted by Gasteiger charge is -2.28. The van der Waals surface area contributed by atoms with E-state index in [1.807, 2.05) is 20.8 Å². The van der Waals surface area contributed by atoms with Gasteiger partial charge in [-0.3, -0.25) is 0 Å². The van der Waals surface area contributed by atoms with Crippen molar-refractivity contribution < 1.29 is 2.74 Å². The van der Waals surface area contributed by atoms with Gasteiger partial charge >= 0.3 is 0 Å². The molecule has 2 fully saturated rings. The number of rotatable bonds is 1. The van der Waals surface area contributed by atoms with Crippen molar-refractivity contribution in [1.29, 1.82) is 0 Å². The zero-order chi connectivity index (χ0) is 10.6. The predicted octanol–water partition coefficient (Wildman–Crippen LogP) is 3.86. The van der Waals surface area contributed by atoms with Crippen molar-refractivity contribution in [2.75, 3.05) is 0 Å². The standard InChI is InChI=1S/C12H22/c1-12(2,3)8-11-7-9-4-5-10(11)6-9/h9-11H,4-8H2,1-3H3/i8D2. The summed E-state index contributed by atoms with van der Waals surface area (Å²) in [6.45, 7) is 6.12. The Morgan fingerprint density at radius 2 is 2.00 bits per heavy atom. The highest BCUT2D eigenvalue weighted by Crippen LogP contribution is 2.51. The Morgan fingerprint density at radius 1 is 1.25 bits per heavy atom. The summed E-state index contributed by atoms with van der Waals surface area (Å²) in [5.41, 5.74) is -0.206. The van der Waals surface area contributed by atoms with Gasteiger partial charge in [-0.05, 0) is 48.8 Å². The van der Waals surface area contributed by atoms with Gasteiger partial charge in [0.1, 0.15) is 0 Å². The molecule has 12 heavy (non-hydrogen) atoms. The molecule has 3 atom stereocenters. The monoisotopic (exact) mass is 168 g/mol. The van der Waals surface area contributed by atoms with Crippen molar-refractivity contribution in [3.63, 3.8) is 0 Å². The van der Waals surface area contributed by atoms with E-state index in [1.54, 1.807) is 0 Å². The van der Waals surface area contributed by atoms with Crippen LogP contribution in [0.1, 0.15) is 55.6 Å². The minimum atomic E-state index is -0.979. The molecule has 0 aromatic heterocycles. The van der Waals surface area contributed by atoms with Crippen molar-refractivity contribution >= 4 is 0 Å². The highest BCUT2D eigenvalue weighted by Gasteiger charge is 2.40. The second-order valence-electron chi connectivity index (χ2n) is 5.68. The summed E-state index contributed by atoms with van der Waals surface area (Å²) in [4.78, 5) is 0. The lowest BCUT2D eigenvalue weighted by molar-refractivity contribution is 0.224. The smallest absolute Gasteiger partial charge is 0.0275 e. The second-order valence-corrected chi connectivity index (χ2v) is 5.68. The fraction of sp³-hybridized carbons (Fsp3) is 1.00. The van der Waals surface area contributed by atoms with E-state index in [9.17, 15) is 0 Å². The number of hydrogen-bond donors (Lipinski definition) is 0. The van der Waals surface area contributed by atoms with E-state index in [2.05, 4.69) is 0 Å². The predicted molar refractivity (Wildman–Crippen MR) is 53.0 cm³/mol. The van der Waals surface area contributed by atoms with Gasteiger partial charge in [-0.1, -0.05) is 27.2 Å². The molecular formula is C12H22. The topological polar surface area (TPSA) is 0 Å². The highest BCUT2D eigenvalue weighted by molar-refractivity contribution is 4.91. The van der Waals surface area contributed by atoms with Crippen LogP contribution in [0.5, 0.6) is 0 Å². The fourth-order valence-electron chi connectivity index (χ4n) is 2.98. The van der Waals surface area contributed by atoms with Gasteiger partial charge in [-0.25, -0.2) is 0 Å². The maximum atomic E-state index is 8.30. The molecule has 2 aliphatic carbocycles. The van der Waals surface area contributed by atoms with E-state index in [0.29, 0.717) is 11.8 Å². The summed E-state index contributed by atoms with van der Waals surface area (Å²) in [6.07, 6.45) is 4.12. The molecule has 3 unspecified atom stereocenters. The van der Waals surface area contributed by atoms with E-state index < -0.39 is 6.37 Å². The van der Waals surface area contributed by atoms with Crippen molar-refractivity contribution in [1.82, 2.24) is 0 Å². The quantitative estimate of drug-likeness (QED) is 0.558. The van der Waals surface area contributed by atoms with Crippen molar-refractivity contribution in [2.45, 2.75) is 52.8 Å². The Kier molecular flexibility index (Phi) is 1.48. The first kappa shape index (κ1) is 6.45. The normalized spacial score (nSPS) is 44.4. The van der Waals surface area contributed by atoms with E-state index >= 15 is 0 Å². The first-order chi connectivity index (χ1) is 6.32. The van der Waals surface area contributed by atoms with Gasteiger partial charge in [0.25, 0.3) is 0 Å². The molecule has 2 saturated carbocycles. The Hall–Kier alpha value is 0. The summed E-state index contributed by atoms with van der Waals surface area (Å²) in [5, 5.41) is 0. The maximum Gasteiger partial charge on any atom is 0.0275 e. The molecule has 0 amide bonds. The summed E-state index contributed by atoms with van der Waals surface area (Å²) in [6, 6.07) is 0. The van der Waals surface area contributed by atoms with Crippen LogP contribution < -0.4 is 0 Å². The van der Waals surface area contributed by atoms with Crippen molar-refractivity contribution in [2.24, 2.45) is 23.2 Å². The third-order valence-electron chi connectivity index (χ3n) is 3.36. The lowest BCUT2D eigenvalue weighted by Crippen LogP contribution is -2.18. The third kappa shape index (κ3) is 1.67. The average Bonchev–Trinajstić information content (AvgIpc) is 2.61. The molecule has 0 aromatic carbocycles. The van der Waals surface area contributed by atoms with Crippen LogP contribution in [0.2, 0.25) is 0 Å². The largest absolute Gasteiger partial charge is 0.0602 e. The molecule has 0 spiro atoms. The molecule has 70 valence electrons. The van der Waals surface area contributed by atoms with Gasteiger partial charge in [0.15, 0.2) is 0 Å². The molecule has 2 bridgehead atoms. The second kappa shape index (κ2) is 2.75. The van der Waals surface area contributed by atoms with E-state index in [0.717, 1.165) is 12.3 Å². The SMILES string of the molecule is [2H]C([2H])(C1CC2CCC1C2)C(C)(C)C. The number of fused-ring (bicyclic) bond motifs is 2. The molecule has 0 saturated heterocycles. The van der Waals surface area contributed by atoms with Crippen LogP contribution in [0.25, 0.3) is 0 Å². The highest BCUT2D eigenvalue weighted by atomic mass is 14.5. The Bertz CT molecular complexity index is 227. The van der Waals surface area contributed by atoms with E-state index in [1.165, 1.54) is 19.3 Å². The summed E-state index contributed by atoms with van der Waals surface area (Å²) >= 11 is 0. The zero-order valence-electron chi connectivity index (χ0n) is 10.6. The maximum absolute atomic E-state index is 8.30. The first-order valence-electron chi connectivity index (χ1n) is 6.32. The summed E-state index contributed by atoms with van der Waals surface area (Å²) in [7, 11) is 0. The van der Waals surface area contributed by atoms with Crippen molar-refractivity contribution in [3.8, 4) is 0 Å². The summed E-state index contributed by atoms with van der Waals surface area (Å²) < 4.78 is 16.6. The molecule has 2 rings (SSSR count). The van der Waals surface area contributed by atoms with Crippen LogP contribution in [0.15, 0.2) is 0 Å². The molecule has 0 radical (unpaired) electrons. The van der Waals surface area contributed by atoms with Gasteiger partial charge in [0.2, 0.25) is 0 Å². The van der Waals surface area contributed by atoms with Gasteiger partial charge < -0.3 is 0 Å². The van der Waals surface area contributed by atoms with Crippen LogP contribution in [-0.4, -0.2) is 0 Å². The van der Waals surface area contributed by atoms with E-state index in [-0.39, 0.29) is 5.41 Å². The van der Waals surface area contributed by atoms with Crippen LogP contribution in [0.4, 0.5) is 0 Å². The van der Waals surface area contributed by atoms with Crippen LogP contribution >= 0.6 is 0 Å². The fourth-order valence-corrected chi connectivity index (χ4v) is 2.98. The Labute approximate surface area is 79.6 Å². The molecular weight excluding hydrogens is 144 g/mol. The van der Waals surface area contributed by atoms with Gasteiger partial charge in [0, 0.05) is 2.74 Å².